The van der Waals surface area contributed by atoms with Gasteiger partial charge in [0.15, 0.2) is 0 Å². The molecule has 0 unspecified atom stereocenters. The number of carbonyl (C=O) groups is 1. The lowest BCUT2D eigenvalue weighted by molar-refractivity contribution is -0.142. The van der Waals surface area contributed by atoms with Crippen molar-refractivity contribution in [3.05, 3.63) is 23.3 Å². The van der Waals surface area contributed by atoms with E-state index in [9.17, 15) is 9.90 Å². The fourth-order valence-electron chi connectivity index (χ4n) is 2.89. The normalized spacial score (nSPS) is 37.4. The highest BCUT2D eigenvalue weighted by molar-refractivity contribution is 5.75. The van der Waals surface area contributed by atoms with Crippen molar-refractivity contribution in [2.75, 3.05) is 0 Å². The van der Waals surface area contributed by atoms with Crippen molar-refractivity contribution in [3.8, 4) is 0 Å². The highest BCUT2D eigenvalue weighted by Gasteiger charge is 2.44. The minimum Gasteiger partial charge on any atom is -0.457 e. The summed E-state index contributed by atoms with van der Waals surface area (Å²) in [6.45, 7) is 5.95. The Hall–Kier alpha value is -1.09. The van der Waals surface area contributed by atoms with Crippen molar-refractivity contribution in [2.45, 2.75) is 52.2 Å². The quantitative estimate of drug-likeness (QED) is 0.531. The van der Waals surface area contributed by atoms with Crippen LogP contribution in [0.4, 0.5) is 0 Å². The summed E-state index contributed by atoms with van der Waals surface area (Å²) in [7, 11) is 0. The van der Waals surface area contributed by atoms with E-state index >= 15 is 0 Å². The molecule has 0 aromatic heterocycles. The van der Waals surface area contributed by atoms with Gasteiger partial charge in [-0.3, -0.25) is 4.79 Å². The number of allylic oxidation sites excluding steroid dienone is 2. The van der Waals surface area contributed by atoms with Gasteiger partial charge >= 0.3 is 5.97 Å². The van der Waals surface area contributed by atoms with Gasteiger partial charge < -0.3 is 9.84 Å². The molecule has 2 rings (SSSR count). The first kappa shape index (κ1) is 13.3. The topological polar surface area (TPSA) is 46.5 Å². The summed E-state index contributed by atoms with van der Waals surface area (Å²) in [5.41, 5.74) is 2.44. The van der Waals surface area contributed by atoms with Crippen LogP contribution in [0, 0.1) is 11.8 Å². The van der Waals surface area contributed by atoms with Gasteiger partial charge in [0, 0.05) is 5.92 Å². The lowest BCUT2D eigenvalue weighted by Crippen LogP contribution is -2.30. The third-order valence-corrected chi connectivity index (χ3v) is 4.02. The molecule has 18 heavy (non-hydrogen) atoms. The molecule has 1 heterocycles. The summed E-state index contributed by atoms with van der Waals surface area (Å²) in [6.07, 6.45) is 6.15. The minimum atomic E-state index is -0.599. The highest BCUT2D eigenvalue weighted by atomic mass is 16.6. The molecule has 0 saturated carbocycles. The van der Waals surface area contributed by atoms with E-state index in [1.807, 2.05) is 26.0 Å². The van der Waals surface area contributed by atoms with Crippen molar-refractivity contribution in [3.63, 3.8) is 0 Å². The van der Waals surface area contributed by atoms with Gasteiger partial charge in [0.2, 0.25) is 0 Å². The van der Waals surface area contributed by atoms with E-state index < -0.39 is 6.10 Å². The summed E-state index contributed by atoms with van der Waals surface area (Å²) in [4.78, 5) is 11.7. The molecule has 0 spiro atoms. The number of ether oxygens (including phenoxy) is 1. The van der Waals surface area contributed by atoms with Gasteiger partial charge in [-0.2, -0.15) is 0 Å². The molecule has 4 atom stereocenters. The third-order valence-electron chi connectivity index (χ3n) is 4.02. The van der Waals surface area contributed by atoms with E-state index in [0.717, 1.165) is 19.3 Å². The van der Waals surface area contributed by atoms with Crippen molar-refractivity contribution < 1.29 is 14.6 Å². The molecule has 100 valence electrons. The zero-order valence-corrected chi connectivity index (χ0v) is 11.3. The van der Waals surface area contributed by atoms with Crippen LogP contribution in [0.15, 0.2) is 23.3 Å². The molecular weight excluding hydrogens is 228 g/mol. The monoisotopic (exact) mass is 250 g/mol. The predicted octanol–water partition coefficient (Wildman–Crippen LogP) is 2.60. The van der Waals surface area contributed by atoms with Crippen LogP contribution in [-0.2, 0) is 9.53 Å². The first-order chi connectivity index (χ1) is 8.49. The molecule has 1 aliphatic heterocycles. The van der Waals surface area contributed by atoms with Crippen LogP contribution >= 0.6 is 0 Å². The average molecular weight is 250 g/mol. The molecule has 0 aromatic carbocycles. The SMILES string of the molecule is CC1=C[C@H](O)[C@@H]2[C@@H](C=C(C)CCC1)OC(=O)[C@@H]2C. The largest absolute Gasteiger partial charge is 0.457 e. The lowest BCUT2D eigenvalue weighted by atomic mass is 9.84. The van der Waals surface area contributed by atoms with Gasteiger partial charge in [-0.05, 0) is 39.2 Å². The minimum absolute atomic E-state index is 0.152. The molecule has 1 fully saturated rings. The van der Waals surface area contributed by atoms with Crippen LogP contribution in [0.5, 0.6) is 0 Å². The van der Waals surface area contributed by atoms with Gasteiger partial charge in [0.25, 0.3) is 0 Å². The molecule has 1 aliphatic carbocycles. The lowest BCUT2D eigenvalue weighted by Gasteiger charge is -2.23. The number of carbonyl (C=O) groups excluding carboxylic acids is 1. The highest BCUT2D eigenvalue weighted by Crippen LogP contribution is 2.34. The maximum absolute atomic E-state index is 11.7. The second-order valence-corrected chi connectivity index (χ2v) is 5.64. The Labute approximate surface area is 109 Å². The van der Waals surface area contributed by atoms with Crippen LogP contribution < -0.4 is 0 Å². The first-order valence-electron chi connectivity index (χ1n) is 6.72. The summed E-state index contributed by atoms with van der Waals surface area (Å²) in [5, 5.41) is 10.3. The Bertz CT molecular complexity index is 395. The van der Waals surface area contributed by atoms with E-state index in [2.05, 4.69) is 6.92 Å². The number of hydrogen-bond acceptors (Lipinski definition) is 3. The van der Waals surface area contributed by atoms with Crippen LogP contribution in [0.2, 0.25) is 0 Å². The number of fused-ring (bicyclic) bond motifs is 1. The molecule has 2 aliphatic rings. The maximum Gasteiger partial charge on any atom is 0.309 e. The Morgan fingerprint density at radius 2 is 1.83 bits per heavy atom. The Kier molecular flexibility index (Phi) is 3.91. The fourth-order valence-corrected chi connectivity index (χ4v) is 2.89. The zero-order valence-electron chi connectivity index (χ0n) is 11.3. The molecule has 0 amide bonds. The zero-order chi connectivity index (χ0) is 13.3. The molecule has 3 nitrogen and oxygen atoms in total. The molecular formula is C15H22O3. The molecule has 0 bridgehead atoms. The Morgan fingerprint density at radius 3 is 2.50 bits per heavy atom. The second-order valence-electron chi connectivity index (χ2n) is 5.64. The van der Waals surface area contributed by atoms with Gasteiger partial charge in [-0.25, -0.2) is 0 Å². The van der Waals surface area contributed by atoms with Crippen molar-refractivity contribution >= 4 is 5.97 Å². The van der Waals surface area contributed by atoms with Gasteiger partial charge in [-0.15, -0.1) is 0 Å². The standard InChI is InChI=1S/C15H22O3/c1-9-5-4-6-10(2)8-13-14(12(16)7-9)11(3)15(17)18-13/h7-8,11-14,16H,4-6H2,1-3H3/t11-,12+,13-,14-/m1/s1. The van der Waals surface area contributed by atoms with Crippen LogP contribution in [0.1, 0.15) is 40.0 Å². The van der Waals surface area contributed by atoms with Gasteiger partial charge in [0.05, 0.1) is 12.0 Å². The van der Waals surface area contributed by atoms with Crippen LogP contribution in [0.25, 0.3) is 0 Å². The average Bonchev–Trinajstić information content (AvgIpc) is 2.53. The summed E-state index contributed by atoms with van der Waals surface area (Å²) >= 11 is 0. The third kappa shape index (κ3) is 2.66. The van der Waals surface area contributed by atoms with E-state index in [0.29, 0.717) is 0 Å². The van der Waals surface area contributed by atoms with Crippen LogP contribution in [0.3, 0.4) is 0 Å². The summed E-state index contributed by atoms with van der Waals surface area (Å²) < 4.78 is 5.38. The van der Waals surface area contributed by atoms with Crippen LogP contribution in [-0.4, -0.2) is 23.3 Å². The Balaban J connectivity index is 2.32. The van der Waals surface area contributed by atoms with E-state index in [4.69, 9.17) is 4.74 Å². The molecule has 1 saturated heterocycles. The molecule has 0 radical (unpaired) electrons. The first-order valence-corrected chi connectivity index (χ1v) is 6.72. The van der Waals surface area contributed by atoms with E-state index in [-0.39, 0.29) is 23.9 Å². The number of esters is 1. The molecule has 3 heteroatoms. The molecule has 1 N–H and O–H groups in total. The fraction of sp³-hybridized carbons (Fsp3) is 0.667. The summed E-state index contributed by atoms with van der Waals surface area (Å²) in [6, 6.07) is 0. The number of hydrogen-bond donors (Lipinski definition) is 1. The number of aliphatic hydroxyl groups is 1. The molecule has 0 aromatic rings. The van der Waals surface area contributed by atoms with E-state index in [1.165, 1.54) is 11.1 Å². The summed E-state index contributed by atoms with van der Waals surface area (Å²) in [5.74, 6) is -0.587. The Morgan fingerprint density at radius 1 is 1.22 bits per heavy atom. The van der Waals surface area contributed by atoms with Gasteiger partial charge in [-0.1, -0.05) is 24.1 Å². The number of aliphatic hydroxyl groups excluding tert-OH is 1. The maximum atomic E-state index is 11.7. The van der Waals surface area contributed by atoms with E-state index in [1.54, 1.807) is 0 Å². The van der Waals surface area contributed by atoms with Crippen molar-refractivity contribution in [1.82, 2.24) is 0 Å². The number of rotatable bonds is 0. The predicted molar refractivity (Wildman–Crippen MR) is 69.9 cm³/mol. The second kappa shape index (κ2) is 5.27. The smallest absolute Gasteiger partial charge is 0.309 e. The van der Waals surface area contributed by atoms with Gasteiger partial charge in [0.1, 0.15) is 6.10 Å². The van der Waals surface area contributed by atoms with Crippen molar-refractivity contribution in [1.29, 1.82) is 0 Å². The van der Waals surface area contributed by atoms with Crippen molar-refractivity contribution in [2.24, 2.45) is 11.8 Å².